The Kier molecular flexibility index (Phi) is 1.90. The third-order valence-corrected chi connectivity index (χ3v) is 3.83. The number of hydrogen-bond acceptors (Lipinski definition) is 3. The van der Waals surface area contributed by atoms with Crippen LogP contribution in [0.15, 0.2) is 12.4 Å². The summed E-state index contributed by atoms with van der Waals surface area (Å²) in [6, 6.07) is 2.30. The number of nitriles is 1. The van der Waals surface area contributed by atoms with E-state index in [1.165, 1.54) is 0 Å². The summed E-state index contributed by atoms with van der Waals surface area (Å²) in [5.41, 5.74) is 1.45. The van der Waals surface area contributed by atoms with Crippen molar-refractivity contribution in [2.45, 2.75) is 31.7 Å². The van der Waals surface area contributed by atoms with Gasteiger partial charge in [0.15, 0.2) is 0 Å². The van der Waals surface area contributed by atoms with Crippen LogP contribution in [0.1, 0.15) is 24.8 Å². The third-order valence-electron chi connectivity index (χ3n) is 3.83. The zero-order valence-electron chi connectivity index (χ0n) is 9.44. The lowest BCUT2D eigenvalue weighted by molar-refractivity contribution is -0.206. The molecule has 3 rings (SSSR count). The largest absolute Gasteiger partial charge is 0.380 e. The van der Waals surface area contributed by atoms with Gasteiger partial charge in [-0.1, -0.05) is 0 Å². The predicted molar refractivity (Wildman–Crippen MR) is 57.7 cm³/mol. The van der Waals surface area contributed by atoms with E-state index in [9.17, 15) is 0 Å². The number of hydrogen-bond donors (Lipinski definition) is 0. The molecule has 16 heavy (non-hydrogen) atoms. The molecule has 0 atom stereocenters. The van der Waals surface area contributed by atoms with Crippen molar-refractivity contribution in [3.05, 3.63) is 18.0 Å². The van der Waals surface area contributed by atoms with Crippen molar-refractivity contribution in [2.24, 2.45) is 5.41 Å². The van der Waals surface area contributed by atoms with Gasteiger partial charge in [-0.05, 0) is 25.3 Å². The van der Waals surface area contributed by atoms with Crippen molar-refractivity contribution in [1.29, 1.82) is 5.26 Å². The van der Waals surface area contributed by atoms with Gasteiger partial charge in [0, 0.05) is 11.6 Å². The predicted octanol–water partition coefficient (Wildman–Crippen LogP) is 1.61. The van der Waals surface area contributed by atoms with Crippen LogP contribution >= 0.6 is 0 Å². The maximum absolute atomic E-state index is 8.97. The van der Waals surface area contributed by atoms with Gasteiger partial charge >= 0.3 is 0 Å². The van der Waals surface area contributed by atoms with Gasteiger partial charge in [-0.15, -0.1) is 0 Å². The smallest absolute Gasteiger partial charge is 0.0771 e. The van der Waals surface area contributed by atoms with Crippen LogP contribution < -0.4 is 0 Å². The standard InChI is InChI=1S/C12H15N3O/c1-10-4-14-15(5-10)12(2-3-13)6-11(7-12)8-16-9-11/h4-5H,2,6-9H2,1H3. The summed E-state index contributed by atoms with van der Waals surface area (Å²) in [6.07, 6.45) is 6.53. The first-order valence-corrected chi connectivity index (χ1v) is 5.65. The Labute approximate surface area is 94.8 Å². The fourth-order valence-corrected chi connectivity index (χ4v) is 3.13. The molecule has 1 saturated carbocycles. The zero-order chi connectivity index (χ0) is 11.2. The molecule has 0 bridgehead atoms. The summed E-state index contributed by atoms with van der Waals surface area (Å²) in [7, 11) is 0. The molecule has 1 spiro atoms. The normalized spacial score (nSPS) is 24.5. The maximum Gasteiger partial charge on any atom is 0.0771 e. The van der Waals surface area contributed by atoms with Gasteiger partial charge in [-0.25, -0.2) is 0 Å². The highest BCUT2D eigenvalue weighted by Crippen LogP contribution is 2.58. The Bertz CT molecular complexity index is 445. The van der Waals surface area contributed by atoms with Crippen molar-refractivity contribution in [2.75, 3.05) is 13.2 Å². The maximum atomic E-state index is 8.97. The summed E-state index contributed by atoms with van der Waals surface area (Å²) in [4.78, 5) is 0. The minimum Gasteiger partial charge on any atom is -0.380 e. The molecule has 0 amide bonds. The first-order chi connectivity index (χ1) is 7.68. The zero-order valence-corrected chi connectivity index (χ0v) is 9.44. The van der Waals surface area contributed by atoms with Crippen LogP contribution in [-0.2, 0) is 10.3 Å². The second-order valence-electron chi connectivity index (χ2n) is 5.37. The molecule has 0 N–H and O–H groups in total. The molecule has 1 aromatic heterocycles. The Balaban J connectivity index is 1.85. The number of ether oxygens (including phenoxy) is 1. The molecule has 4 heteroatoms. The first kappa shape index (κ1) is 9.86. The van der Waals surface area contributed by atoms with Crippen molar-refractivity contribution in [1.82, 2.24) is 9.78 Å². The van der Waals surface area contributed by atoms with Gasteiger partial charge in [0.25, 0.3) is 0 Å². The Morgan fingerprint density at radius 1 is 1.56 bits per heavy atom. The molecule has 1 aliphatic heterocycles. The van der Waals surface area contributed by atoms with Crippen molar-refractivity contribution in [3.63, 3.8) is 0 Å². The number of nitrogens with zero attached hydrogens (tertiary/aromatic N) is 3. The van der Waals surface area contributed by atoms with Crippen LogP contribution in [0.3, 0.4) is 0 Å². The highest BCUT2D eigenvalue weighted by molar-refractivity contribution is 5.14. The molecular weight excluding hydrogens is 202 g/mol. The van der Waals surface area contributed by atoms with E-state index in [1.807, 2.05) is 24.0 Å². The molecule has 1 aliphatic carbocycles. The van der Waals surface area contributed by atoms with Crippen molar-refractivity contribution >= 4 is 0 Å². The van der Waals surface area contributed by atoms with Crippen LogP contribution in [0.25, 0.3) is 0 Å². The van der Waals surface area contributed by atoms with Gasteiger partial charge < -0.3 is 4.74 Å². The SMILES string of the molecule is Cc1cnn(C2(CC#N)CC3(COC3)C2)c1. The molecule has 2 fully saturated rings. The molecule has 2 aliphatic rings. The summed E-state index contributed by atoms with van der Waals surface area (Å²) < 4.78 is 7.28. The average Bonchev–Trinajstić information content (AvgIpc) is 2.55. The lowest BCUT2D eigenvalue weighted by Gasteiger charge is -2.59. The van der Waals surface area contributed by atoms with Crippen LogP contribution in [0.4, 0.5) is 0 Å². The van der Waals surface area contributed by atoms with E-state index < -0.39 is 0 Å². The summed E-state index contributed by atoms with van der Waals surface area (Å²) in [5, 5.41) is 13.4. The molecule has 0 radical (unpaired) electrons. The van der Waals surface area contributed by atoms with E-state index in [-0.39, 0.29) is 5.54 Å². The number of aromatic nitrogens is 2. The fourth-order valence-electron chi connectivity index (χ4n) is 3.13. The Morgan fingerprint density at radius 2 is 2.31 bits per heavy atom. The van der Waals surface area contributed by atoms with Crippen LogP contribution in [0, 0.1) is 23.7 Å². The van der Waals surface area contributed by atoms with Gasteiger partial charge in [0.2, 0.25) is 0 Å². The monoisotopic (exact) mass is 217 g/mol. The Morgan fingerprint density at radius 3 is 2.75 bits per heavy atom. The van der Waals surface area contributed by atoms with E-state index >= 15 is 0 Å². The first-order valence-electron chi connectivity index (χ1n) is 5.65. The molecule has 4 nitrogen and oxygen atoms in total. The van der Waals surface area contributed by atoms with Crippen molar-refractivity contribution in [3.8, 4) is 6.07 Å². The highest BCUT2D eigenvalue weighted by Gasteiger charge is 2.59. The van der Waals surface area contributed by atoms with Gasteiger partial charge in [-0.3, -0.25) is 4.68 Å². The molecule has 0 aromatic carbocycles. The number of rotatable bonds is 2. The lowest BCUT2D eigenvalue weighted by Crippen LogP contribution is -2.62. The van der Waals surface area contributed by atoms with Crippen LogP contribution in [0.2, 0.25) is 0 Å². The topological polar surface area (TPSA) is 50.8 Å². The second-order valence-corrected chi connectivity index (χ2v) is 5.37. The fraction of sp³-hybridized carbons (Fsp3) is 0.667. The van der Waals surface area contributed by atoms with E-state index in [1.54, 1.807) is 0 Å². The van der Waals surface area contributed by atoms with Crippen LogP contribution in [-0.4, -0.2) is 23.0 Å². The summed E-state index contributed by atoms with van der Waals surface area (Å²) in [5.74, 6) is 0. The van der Waals surface area contributed by atoms with Gasteiger partial charge in [0.1, 0.15) is 0 Å². The second kappa shape index (κ2) is 3.08. The minimum atomic E-state index is -0.0627. The quantitative estimate of drug-likeness (QED) is 0.756. The lowest BCUT2D eigenvalue weighted by atomic mass is 9.55. The molecule has 2 heterocycles. The van der Waals surface area contributed by atoms with Gasteiger partial charge in [-0.2, -0.15) is 10.4 Å². The molecule has 84 valence electrons. The highest BCUT2D eigenvalue weighted by atomic mass is 16.5. The van der Waals surface area contributed by atoms with E-state index in [2.05, 4.69) is 11.2 Å². The molecular formula is C12H15N3O. The van der Waals surface area contributed by atoms with E-state index in [0.717, 1.165) is 31.6 Å². The Hall–Kier alpha value is -1.34. The van der Waals surface area contributed by atoms with Crippen molar-refractivity contribution < 1.29 is 4.74 Å². The molecule has 0 unspecified atom stereocenters. The molecule has 1 aromatic rings. The van der Waals surface area contributed by atoms with E-state index in [4.69, 9.17) is 10.00 Å². The average molecular weight is 217 g/mol. The van der Waals surface area contributed by atoms with Gasteiger partial charge in [0.05, 0.1) is 37.4 Å². The number of aryl methyl sites for hydroxylation is 1. The minimum absolute atomic E-state index is 0.0627. The summed E-state index contributed by atoms with van der Waals surface area (Å²) in [6.45, 7) is 3.76. The van der Waals surface area contributed by atoms with Crippen LogP contribution in [0.5, 0.6) is 0 Å². The third kappa shape index (κ3) is 1.21. The summed E-state index contributed by atoms with van der Waals surface area (Å²) >= 11 is 0. The van der Waals surface area contributed by atoms with E-state index in [0.29, 0.717) is 11.8 Å². The molecule has 1 saturated heterocycles.